The highest BCUT2D eigenvalue weighted by Crippen LogP contribution is 2.05. The van der Waals surface area contributed by atoms with Gasteiger partial charge in [-0.2, -0.15) is 0 Å². The summed E-state index contributed by atoms with van der Waals surface area (Å²) in [5.41, 5.74) is 0. The second-order valence-corrected chi connectivity index (χ2v) is 3.03. The van der Waals surface area contributed by atoms with Gasteiger partial charge in [0.15, 0.2) is 0 Å². The molecule has 0 aromatic carbocycles. The molecule has 0 amide bonds. The molecule has 2 heteroatoms. The van der Waals surface area contributed by atoms with E-state index in [1.54, 1.807) is 0 Å². The molecule has 0 heterocycles. The second-order valence-electron chi connectivity index (χ2n) is 3.03. The number of rotatable bonds is 6. The van der Waals surface area contributed by atoms with Crippen molar-refractivity contribution >= 4 is 0 Å². The molecule has 0 aromatic rings. The van der Waals surface area contributed by atoms with Crippen LogP contribution in [0, 0.1) is 0 Å². The second kappa shape index (κ2) is 6.62. The van der Waals surface area contributed by atoms with Gasteiger partial charge in [0, 0.05) is 19.2 Å². The number of hydrogen-bond donors (Lipinski definition) is 1. The van der Waals surface area contributed by atoms with Crippen molar-refractivity contribution in [3.8, 4) is 0 Å². The molecule has 2 nitrogen and oxygen atoms in total. The first-order valence-electron chi connectivity index (χ1n) is 4.57. The number of aliphatic hydroxyl groups is 1. The highest BCUT2D eigenvalue weighted by Gasteiger charge is 2.08. The van der Waals surface area contributed by atoms with E-state index in [9.17, 15) is 0 Å². The Morgan fingerprint density at radius 3 is 2.18 bits per heavy atom. The molecule has 0 radical (unpaired) electrons. The normalized spacial score (nSPS) is 11.5. The Morgan fingerprint density at radius 2 is 1.82 bits per heavy atom. The molecule has 0 saturated carbocycles. The minimum absolute atomic E-state index is 0.310. The molecule has 68 valence electrons. The molecule has 0 saturated heterocycles. The standard InChI is InChI=1S/C9H21NO/c1-4-9(5-2)10(3)7-6-8-11/h9,11H,4-8H2,1-3H3. The molecular formula is C9H21NO. The van der Waals surface area contributed by atoms with Crippen LogP contribution in [-0.4, -0.2) is 36.2 Å². The maximum Gasteiger partial charge on any atom is 0.0443 e. The van der Waals surface area contributed by atoms with E-state index in [1.165, 1.54) is 12.8 Å². The molecule has 11 heavy (non-hydrogen) atoms. The van der Waals surface area contributed by atoms with E-state index in [1.807, 2.05) is 0 Å². The fourth-order valence-corrected chi connectivity index (χ4v) is 1.41. The quantitative estimate of drug-likeness (QED) is 0.634. The smallest absolute Gasteiger partial charge is 0.0443 e. The van der Waals surface area contributed by atoms with Crippen molar-refractivity contribution in [2.75, 3.05) is 20.2 Å². The van der Waals surface area contributed by atoms with Crippen molar-refractivity contribution in [1.82, 2.24) is 4.90 Å². The molecule has 0 aliphatic carbocycles. The predicted molar refractivity (Wildman–Crippen MR) is 48.7 cm³/mol. The lowest BCUT2D eigenvalue weighted by molar-refractivity contribution is 0.199. The Bertz CT molecular complexity index is 81.6. The van der Waals surface area contributed by atoms with Gasteiger partial charge < -0.3 is 10.0 Å². The molecule has 0 fully saturated rings. The molecule has 1 N–H and O–H groups in total. The molecular weight excluding hydrogens is 138 g/mol. The summed E-state index contributed by atoms with van der Waals surface area (Å²) >= 11 is 0. The first-order chi connectivity index (χ1) is 5.26. The summed E-state index contributed by atoms with van der Waals surface area (Å²) < 4.78 is 0. The van der Waals surface area contributed by atoms with Crippen LogP contribution in [0.1, 0.15) is 33.1 Å². The molecule has 0 aliphatic heterocycles. The van der Waals surface area contributed by atoms with Gasteiger partial charge in [0.1, 0.15) is 0 Å². The van der Waals surface area contributed by atoms with Gasteiger partial charge in [-0.15, -0.1) is 0 Å². The van der Waals surface area contributed by atoms with Gasteiger partial charge in [-0.1, -0.05) is 13.8 Å². The largest absolute Gasteiger partial charge is 0.396 e. The third-order valence-electron chi connectivity index (χ3n) is 2.23. The van der Waals surface area contributed by atoms with E-state index in [0.717, 1.165) is 13.0 Å². The van der Waals surface area contributed by atoms with Crippen LogP contribution in [0.25, 0.3) is 0 Å². The van der Waals surface area contributed by atoms with Gasteiger partial charge in [-0.05, 0) is 26.3 Å². The zero-order chi connectivity index (χ0) is 8.69. The van der Waals surface area contributed by atoms with Crippen LogP contribution < -0.4 is 0 Å². The van der Waals surface area contributed by atoms with Crippen molar-refractivity contribution in [2.45, 2.75) is 39.2 Å². The van der Waals surface area contributed by atoms with Gasteiger partial charge in [-0.25, -0.2) is 0 Å². The van der Waals surface area contributed by atoms with Crippen LogP contribution in [-0.2, 0) is 0 Å². The van der Waals surface area contributed by atoms with Crippen molar-refractivity contribution in [1.29, 1.82) is 0 Å². The Labute approximate surface area is 70.2 Å². The summed E-state index contributed by atoms with van der Waals surface area (Å²) in [5.74, 6) is 0. The van der Waals surface area contributed by atoms with Gasteiger partial charge >= 0.3 is 0 Å². The maximum atomic E-state index is 8.62. The Hall–Kier alpha value is -0.0800. The Kier molecular flexibility index (Phi) is 6.57. The van der Waals surface area contributed by atoms with Crippen molar-refractivity contribution in [2.24, 2.45) is 0 Å². The third kappa shape index (κ3) is 4.38. The molecule has 0 atom stereocenters. The van der Waals surface area contributed by atoms with E-state index >= 15 is 0 Å². The lowest BCUT2D eigenvalue weighted by Crippen LogP contribution is -2.31. The van der Waals surface area contributed by atoms with Crippen molar-refractivity contribution < 1.29 is 5.11 Å². The summed E-state index contributed by atoms with van der Waals surface area (Å²) in [7, 11) is 2.13. The van der Waals surface area contributed by atoms with E-state index in [0.29, 0.717) is 12.6 Å². The predicted octanol–water partition coefficient (Wildman–Crippen LogP) is 1.49. The zero-order valence-electron chi connectivity index (χ0n) is 8.01. The highest BCUT2D eigenvalue weighted by atomic mass is 16.3. The van der Waals surface area contributed by atoms with Gasteiger partial charge in [0.2, 0.25) is 0 Å². The average Bonchev–Trinajstić information content (AvgIpc) is 2.03. The zero-order valence-corrected chi connectivity index (χ0v) is 8.01. The van der Waals surface area contributed by atoms with E-state index in [2.05, 4.69) is 25.8 Å². The molecule has 0 unspecified atom stereocenters. The van der Waals surface area contributed by atoms with Crippen LogP contribution in [0.5, 0.6) is 0 Å². The van der Waals surface area contributed by atoms with E-state index in [4.69, 9.17) is 5.11 Å². The fraction of sp³-hybridized carbons (Fsp3) is 1.00. The van der Waals surface area contributed by atoms with Gasteiger partial charge in [0.05, 0.1) is 0 Å². The van der Waals surface area contributed by atoms with E-state index < -0.39 is 0 Å². The molecule has 0 aliphatic rings. The van der Waals surface area contributed by atoms with Crippen LogP contribution in [0.2, 0.25) is 0 Å². The minimum Gasteiger partial charge on any atom is -0.396 e. The first-order valence-corrected chi connectivity index (χ1v) is 4.57. The molecule has 0 spiro atoms. The lowest BCUT2D eigenvalue weighted by Gasteiger charge is -2.25. The van der Waals surface area contributed by atoms with Crippen LogP contribution in [0.3, 0.4) is 0 Å². The summed E-state index contributed by atoms with van der Waals surface area (Å²) in [6.45, 7) is 5.75. The molecule has 0 rings (SSSR count). The van der Waals surface area contributed by atoms with Crippen LogP contribution >= 0.6 is 0 Å². The summed E-state index contributed by atoms with van der Waals surface area (Å²) in [4.78, 5) is 2.33. The van der Waals surface area contributed by atoms with E-state index in [-0.39, 0.29) is 0 Å². The van der Waals surface area contributed by atoms with Crippen molar-refractivity contribution in [3.05, 3.63) is 0 Å². The van der Waals surface area contributed by atoms with Crippen molar-refractivity contribution in [3.63, 3.8) is 0 Å². The summed E-state index contributed by atoms with van der Waals surface area (Å²) in [6, 6.07) is 0.696. The van der Waals surface area contributed by atoms with Crippen LogP contribution in [0.15, 0.2) is 0 Å². The summed E-state index contributed by atoms with van der Waals surface area (Å²) in [5, 5.41) is 8.62. The highest BCUT2D eigenvalue weighted by molar-refractivity contribution is 4.64. The number of nitrogens with zero attached hydrogens (tertiary/aromatic N) is 1. The Morgan fingerprint density at radius 1 is 1.27 bits per heavy atom. The minimum atomic E-state index is 0.310. The summed E-state index contributed by atoms with van der Waals surface area (Å²) in [6.07, 6.45) is 3.31. The number of hydrogen-bond acceptors (Lipinski definition) is 2. The monoisotopic (exact) mass is 159 g/mol. The fourth-order valence-electron chi connectivity index (χ4n) is 1.41. The molecule has 0 bridgehead atoms. The maximum absolute atomic E-state index is 8.62. The number of aliphatic hydroxyl groups excluding tert-OH is 1. The Balaban J connectivity index is 3.51. The van der Waals surface area contributed by atoms with Gasteiger partial charge in [0.25, 0.3) is 0 Å². The SMILES string of the molecule is CCC(CC)N(C)CCCO. The lowest BCUT2D eigenvalue weighted by atomic mass is 10.1. The van der Waals surface area contributed by atoms with Gasteiger partial charge in [-0.3, -0.25) is 0 Å². The van der Waals surface area contributed by atoms with Crippen LogP contribution in [0.4, 0.5) is 0 Å². The topological polar surface area (TPSA) is 23.5 Å². The first kappa shape index (κ1) is 10.9. The average molecular weight is 159 g/mol. The molecule has 0 aromatic heterocycles. The third-order valence-corrected chi connectivity index (χ3v) is 2.23.